The molecular formula is C17H29N3O. The van der Waals surface area contributed by atoms with Crippen LogP contribution in [0.3, 0.4) is 0 Å². The van der Waals surface area contributed by atoms with Crippen LogP contribution < -0.4 is 10.1 Å². The maximum Gasteiger partial charge on any atom is 0.123 e. The van der Waals surface area contributed by atoms with Crippen molar-refractivity contribution in [2.75, 3.05) is 53.4 Å². The van der Waals surface area contributed by atoms with Gasteiger partial charge >= 0.3 is 0 Å². The average molecular weight is 291 g/mol. The topological polar surface area (TPSA) is 27.7 Å². The number of ether oxygens (including phenoxy) is 1. The lowest BCUT2D eigenvalue weighted by atomic mass is 10.0. The van der Waals surface area contributed by atoms with E-state index < -0.39 is 0 Å². The highest BCUT2D eigenvalue weighted by Gasteiger charge is 2.21. The van der Waals surface area contributed by atoms with E-state index in [2.05, 4.69) is 34.2 Å². The Morgan fingerprint density at radius 1 is 1.14 bits per heavy atom. The molecule has 4 heteroatoms. The van der Waals surface area contributed by atoms with Crippen LogP contribution in [0.1, 0.15) is 24.9 Å². The Balaban J connectivity index is 1.94. The first-order chi connectivity index (χ1) is 10.3. The number of nitrogens with zero attached hydrogens (tertiary/aromatic N) is 2. The highest BCUT2D eigenvalue weighted by Crippen LogP contribution is 2.25. The second-order valence-corrected chi connectivity index (χ2v) is 5.73. The van der Waals surface area contributed by atoms with Gasteiger partial charge in [-0.25, -0.2) is 0 Å². The molecule has 0 aromatic heterocycles. The summed E-state index contributed by atoms with van der Waals surface area (Å²) >= 11 is 0. The van der Waals surface area contributed by atoms with Crippen LogP contribution >= 0.6 is 0 Å². The lowest BCUT2D eigenvalue weighted by Crippen LogP contribution is -2.48. The largest absolute Gasteiger partial charge is 0.496 e. The Morgan fingerprint density at radius 2 is 1.81 bits per heavy atom. The minimum atomic E-state index is 0.318. The van der Waals surface area contributed by atoms with Gasteiger partial charge in [-0.3, -0.25) is 4.90 Å². The maximum atomic E-state index is 5.50. The molecule has 1 unspecified atom stereocenters. The molecule has 1 N–H and O–H groups in total. The van der Waals surface area contributed by atoms with Crippen molar-refractivity contribution >= 4 is 0 Å². The summed E-state index contributed by atoms with van der Waals surface area (Å²) < 4.78 is 5.50. The molecule has 118 valence electrons. The fourth-order valence-electron chi connectivity index (χ4n) is 3.07. The standard InChI is InChI=1S/C17H29N3O/c1-4-9-19-10-12-20(13-11-19)14-16(18-2)15-7-5-6-8-17(15)21-3/h5-8,16,18H,4,9-14H2,1-3H3. The van der Waals surface area contributed by atoms with E-state index in [4.69, 9.17) is 4.74 Å². The Hall–Kier alpha value is -1.10. The Bertz CT molecular complexity index is 416. The molecule has 0 spiro atoms. The number of para-hydroxylation sites is 1. The molecular weight excluding hydrogens is 262 g/mol. The molecule has 21 heavy (non-hydrogen) atoms. The van der Waals surface area contributed by atoms with E-state index in [0.717, 1.165) is 25.4 Å². The molecule has 0 aliphatic carbocycles. The van der Waals surface area contributed by atoms with Crippen molar-refractivity contribution in [3.63, 3.8) is 0 Å². The SMILES string of the molecule is CCCN1CCN(CC(NC)c2ccccc2OC)CC1. The van der Waals surface area contributed by atoms with E-state index >= 15 is 0 Å². The number of hydrogen-bond donors (Lipinski definition) is 1. The molecule has 2 rings (SSSR count). The lowest BCUT2D eigenvalue weighted by molar-refractivity contribution is 0.123. The lowest BCUT2D eigenvalue weighted by Gasteiger charge is -2.36. The third-order valence-corrected chi connectivity index (χ3v) is 4.31. The fraction of sp³-hybridized carbons (Fsp3) is 0.647. The number of piperazine rings is 1. The highest BCUT2D eigenvalue weighted by atomic mass is 16.5. The summed E-state index contributed by atoms with van der Waals surface area (Å²) in [5, 5.41) is 3.44. The number of methoxy groups -OCH3 is 1. The van der Waals surface area contributed by atoms with Gasteiger partial charge < -0.3 is 15.0 Å². The number of benzene rings is 1. The first-order valence-corrected chi connectivity index (χ1v) is 8.03. The summed E-state index contributed by atoms with van der Waals surface area (Å²) in [4.78, 5) is 5.12. The van der Waals surface area contributed by atoms with Crippen LogP contribution in [0, 0.1) is 0 Å². The van der Waals surface area contributed by atoms with E-state index in [1.54, 1.807) is 7.11 Å². The van der Waals surface area contributed by atoms with Crippen molar-refractivity contribution in [1.82, 2.24) is 15.1 Å². The second kappa shape index (κ2) is 8.37. The molecule has 0 bridgehead atoms. The van der Waals surface area contributed by atoms with Crippen molar-refractivity contribution in [3.8, 4) is 5.75 Å². The third-order valence-electron chi connectivity index (χ3n) is 4.31. The first-order valence-electron chi connectivity index (χ1n) is 8.03. The quantitative estimate of drug-likeness (QED) is 0.831. The molecule has 1 fully saturated rings. The summed E-state index contributed by atoms with van der Waals surface area (Å²) in [5.41, 5.74) is 1.25. The molecule has 0 radical (unpaired) electrons. The van der Waals surface area contributed by atoms with E-state index in [9.17, 15) is 0 Å². The summed E-state index contributed by atoms with van der Waals surface area (Å²) in [6, 6.07) is 8.63. The second-order valence-electron chi connectivity index (χ2n) is 5.73. The van der Waals surface area contributed by atoms with Crippen LogP contribution in [0.4, 0.5) is 0 Å². The Kier molecular flexibility index (Phi) is 6.49. The van der Waals surface area contributed by atoms with Gasteiger partial charge in [-0.05, 0) is 26.1 Å². The van der Waals surface area contributed by atoms with Gasteiger partial charge in [0, 0.05) is 44.3 Å². The number of nitrogens with one attached hydrogen (secondary N) is 1. The van der Waals surface area contributed by atoms with E-state index in [0.29, 0.717) is 6.04 Å². The van der Waals surface area contributed by atoms with E-state index in [1.807, 2.05) is 19.2 Å². The van der Waals surface area contributed by atoms with Crippen molar-refractivity contribution in [1.29, 1.82) is 0 Å². The van der Waals surface area contributed by atoms with Crippen LogP contribution in [0.5, 0.6) is 5.75 Å². The highest BCUT2D eigenvalue weighted by molar-refractivity contribution is 5.36. The normalized spacial score (nSPS) is 18.6. The minimum absolute atomic E-state index is 0.318. The van der Waals surface area contributed by atoms with Crippen LogP contribution in [0.15, 0.2) is 24.3 Å². The van der Waals surface area contributed by atoms with Gasteiger partial charge in [0.1, 0.15) is 5.75 Å². The maximum absolute atomic E-state index is 5.50. The molecule has 1 aromatic carbocycles. The van der Waals surface area contributed by atoms with Crippen LogP contribution in [0.2, 0.25) is 0 Å². The zero-order valence-electron chi connectivity index (χ0n) is 13.6. The van der Waals surface area contributed by atoms with Crippen LogP contribution in [0.25, 0.3) is 0 Å². The van der Waals surface area contributed by atoms with Crippen molar-refractivity contribution < 1.29 is 4.74 Å². The molecule has 1 aromatic rings. The summed E-state index contributed by atoms with van der Waals surface area (Å²) in [5.74, 6) is 0.974. The Morgan fingerprint density at radius 3 is 2.43 bits per heavy atom. The third kappa shape index (κ3) is 4.43. The molecule has 1 saturated heterocycles. The molecule has 1 aliphatic rings. The van der Waals surface area contributed by atoms with Gasteiger partial charge in [-0.2, -0.15) is 0 Å². The fourth-order valence-corrected chi connectivity index (χ4v) is 3.07. The van der Waals surface area contributed by atoms with Gasteiger partial charge in [0.15, 0.2) is 0 Å². The number of likely N-dealkylation sites (N-methyl/N-ethyl adjacent to an activating group) is 1. The zero-order chi connectivity index (χ0) is 15.1. The number of hydrogen-bond acceptors (Lipinski definition) is 4. The summed E-state index contributed by atoms with van der Waals surface area (Å²) in [6.45, 7) is 9.23. The molecule has 0 amide bonds. The smallest absolute Gasteiger partial charge is 0.123 e. The summed E-state index contributed by atoms with van der Waals surface area (Å²) in [7, 11) is 3.78. The minimum Gasteiger partial charge on any atom is -0.496 e. The van der Waals surface area contributed by atoms with Crippen LogP contribution in [-0.4, -0.2) is 63.2 Å². The van der Waals surface area contributed by atoms with E-state index in [1.165, 1.54) is 31.6 Å². The Labute approximate surface area is 129 Å². The first kappa shape index (κ1) is 16.3. The summed E-state index contributed by atoms with van der Waals surface area (Å²) in [6.07, 6.45) is 1.25. The predicted molar refractivity (Wildman–Crippen MR) is 88.0 cm³/mol. The van der Waals surface area contributed by atoms with Crippen molar-refractivity contribution in [2.24, 2.45) is 0 Å². The average Bonchev–Trinajstić information content (AvgIpc) is 2.54. The van der Waals surface area contributed by atoms with Gasteiger partial charge in [-0.1, -0.05) is 25.1 Å². The van der Waals surface area contributed by atoms with E-state index in [-0.39, 0.29) is 0 Å². The number of rotatable bonds is 7. The van der Waals surface area contributed by atoms with Gasteiger partial charge in [0.2, 0.25) is 0 Å². The van der Waals surface area contributed by atoms with Gasteiger partial charge in [0.25, 0.3) is 0 Å². The predicted octanol–water partition coefficient (Wildman–Crippen LogP) is 1.98. The monoisotopic (exact) mass is 291 g/mol. The van der Waals surface area contributed by atoms with Crippen molar-refractivity contribution in [2.45, 2.75) is 19.4 Å². The van der Waals surface area contributed by atoms with Crippen molar-refractivity contribution in [3.05, 3.63) is 29.8 Å². The van der Waals surface area contributed by atoms with Crippen LogP contribution in [-0.2, 0) is 0 Å². The molecule has 1 atom stereocenters. The molecule has 1 heterocycles. The van der Waals surface area contributed by atoms with Gasteiger partial charge in [0.05, 0.1) is 7.11 Å². The molecule has 1 aliphatic heterocycles. The van der Waals surface area contributed by atoms with Gasteiger partial charge in [-0.15, -0.1) is 0 Å². The molecule has 4 nitrogen and oxygen atoms in total. The zero-order valence-corrected chi connectivity index (χ0v) is 13.6. The molecule has 0 saturated carbocycles.